The molecule has 0 saturated carbocycles. The van der Waals surface area contributed by atoms with Gasteiger partial charge in [0.25, 0.3) is 0 Å². The lowest BCUT2D eigenvalue weighted by Gasteiger charge is -2.04. The number of ketones is 1. The largest absolute Gasteiger partial charge is 0.497 e. The number of hydrogen-bond acceptors (Lipinski definition) is 3. The predicted molar refractivity (Wildman–Crippen MR) is 87.1 cm³/mol. The molecule has 0 fully saturated rings. The number of rotatable bonds is 5. The number of benzene rings is 2. The molecule has 0 spiro atoms. The first kappa shape index (κ1) is 15.3. The van der Waals surface area contributed by atoms with E-state index in [1.165, 1.54) is 0 Å². The summed E-state index contributed by atoms with van der Waals surface area (Å²) in [5.41, 5.74) is 1.55. The molecule has 0 aliphatic carbocycles. The van der Waals surface area contributed by atoms with Crippen molar-refractivity contribution in [1.29, 1.82) is 0 Å². The van der Waals surface area contributed by atoms with Crippen LogP contribution < -0.4 is 9.47 Å². The van der Waals surface area contributed by atoms with Crippen LogP contribution in [0.4, 0.5) is 0 Å². The van der Waals surface area contributed by atoms with Crippen molar-refractivity contribution in [3.8, 4) is 11.5 Å². The van der Waals surface area contributed by atoms with Crippen LogP contribution in [0.5, 0.6) is 11.5 Å². The standard InChI is InChI=1S/C17H15BrO3/c1-20-14-7-3-12(4-8-14)5-9-16(19)13-6-10-17(21-2)15(18)11-13/h3-11H,1-2H3/b9-5+. The van der Waals surface area contributed by atoms with Crippen molar-refractivity contribution >= 4 is 27.8 Å². The summed E-state index contributed by atoms with van der Waals surface area (Å²) in [7, 11) is 3.21. The molecule has 0 heterocycles. The van der Waals surface area contributed by atoms with Gasteiger partial charge in [0.05, 0.1) is 18.7 Å². The van der Waals surface area contributed by atoms with Crippen LogP contribution in [0.15, 0.2) is 53.0 Å². The average Bonchev–Trinajstić information content (AvgIpc) is 2.53. The maximum Gasteiger partial charge on any atom is 0.185 e. The Bertz CT molecular complexity index is 660. The van der Waals surface area contributed by atoms with Gasteiger partial charge in [-0.05, 0) is 57.9 Å². The maximum atomic E-state index is 12.1. The Morgan fingerprint density at radius 1 is 1.05 bits per heavy atom. The molecule has 0 radical (unpaired) electrons. The van der Waals surface area contributed by atoms with E-state index in [1.54, 1.807) is 44.6 Å². The smallest absolute Gasteiger partial charge is 0.185 e. The highest BCUT2D eigenvalue weighted by atomic mass is 79.9. The third kappa shape index (κ3) is 3.95. The molecule has 2 aromatic rings. The molecule has 0 amide bonds. The Morgan fingerprint density at radius 3 is 2.33 bits per heavy atom. The van der Waals surface area contributed by atoms with Crippen molar-refractivity contribution in [2.24, 2.45) is 0 Å². The fraction of sp³-hybridized carbons (Fsp3) is 0.118. The maximum absolute atomic E-state index is 12.1. The van der Waals surface area contributed by atoms with E-state index in [0.29, 0.717) is 11.3 Å². The predicted octanol–water partition coefficient (Wildman–Crippen LogP) is 4.36. The highest BCUT2D eigenvalue weighted by molar-refractivity contribution is 9.10. The Hall–Kier alpha value is -2.07. The van der Waals surface area contributed by atoms with Crippen LogP contribution >= 0.6 is 15.9 Å². The highest BCUT2D eigenvalue weighted by Crippen LogP contribution is 2.25. The van der Waals surface area contributed by atoms with Gasteiger partial charge in [-0.1, -0.05) is 18.2 Å². The molecule has 4 heteroatoms. The van der Waals surface area contributed by atoms with Crippen molar-refractivity contribution < 1.29 is 14.3 Å². The van der Waals surface area contributed by atoms with E-state index in [4.69, 9.17) is 9.47 Å². The summed E-state index contributed by atoms with van der Waals surface area (Å²) >= 11 is 3.37. The van der Waals surface area contributed by atoms with Crippen molar-refractivity contribution in [1.82, 2.24) is 0 Å². The summed E-state index contributed by atoms with van der Waals surface area (Å²) in [5.74, 6) is 1.43. The molecule has 0 unspecified atom stereocenters. The number of ether oxygens (including phenoxy) is 2. The van der Waals surface area contributed by atoms with Crippen molar-refractivity contribution in [2.45, 2.75) is 0 Å². The summed E-state index contributed by atoms with van der Waals surface area (Å²) in [4.78, 5) is 12.1. The second kappa shape index (κ2) is 7.09. The van der Waals surface area contributed by atoms with Gasteiger partial charge < -0.3 is 9.47 Å². The lowest BCUT2D eigenvalue weighted by Crippen LogP contribution is -1.95. The molecular weight excluding hydrogens is 332 g/mol. The first-order valence-electron chi connectivity index (χ1n) is 6.34. The summed E-state index contributed by atoms with van der Waals surface area (Å²) in [6.07, 6.45) is 3.33. The van der Waals surface area contributed by atoms with Crippen LogP contribution in [0.25, 0.3) is 6.08 Å². The van der Waals surface area contributed by atoms with Crippen LogP contribution in [-0.4, -0.2) is 20.0 Å². The van der Waals surface area contributed by atoms with E-state index in [1.807, 2.05) is 24.3 Å². The number of carbonyl (C=O) groups is 1. The molecule has 0 aliphatic rings. The van der Waals surface area contributed by atoms with Gasteiger partial charge in [0.1, 0.15) is 11.5 Å². The van der Waals surface area contributed by atoms with Gasteiger partial charge in [0.2, 0.25) is 0 Å². The first-order chi connectivity index (χ1) is 10.1. The highest BCUT2D eigenvalue weighted by Gasteiger charge is 2.06. The number of hydrogen-bond donors (Lipinski definition) is 0. The number of carbonyl (C=O) groups excluding carboxylic acids is 1. The Morgan fingerprint density at radius 2 is 1.76 bits per heavy atom. The molecule has 3 nitrogen and oxygen atoms in total. The molecule has 21 heavy (non-hydrogen) atoms. The van der Waals surface area contributed by atoms with Gasteiger partial charge in [-0.25, -0.2) is 0 Å². The second-order valence-corrected chi connectivity index (χ2v) is 5.17. The Labute approximate surface area is 132 Å². The van der Waals surface area contributed by atoms with Crippen LogP contribution in [0.3, 0.4) is 0 Å². The zero-order valence-electron chi connectivity index (χ0n) is 11.8. The van der Waals surface area contributed by atoms with E-state index < -0.39 is 0 Å². The second-order valence-electron chi connectivity index (χ2n) is 4.32. The Balaban J connectivity index is 2.12. The summed E-state index contributed by atoms with van der Waals surface area (Å²) < 4.78 is 11.0. The van der Waals surface area contributed by atoms with Gasteiger partial charge in [-0.2, -0.15) is 0 Å². The van der Waals surface area contributed by atoms with Crippen LogP contribution in [-0.2, 0) is 0 Å². The van der Waals surface area contributed by atoms with Crippen molar-refractivity contribution in [3.63, 3.8) is 0 Å². The number of allylic oxidation sites excluding steroid dienone is 1. The minimum Gasteiger partial charge on any atom is -0.497 e. The van der Waals surface area contributed by atoms with E-state index in [2.05, 4.69) is 15.9 Å². The topological polar surface area (TPSA) is 35.5 Å². The molecule has 0 bridgehead atoms. The van der Waals surface area contributed by atoms with Crippen molar-refractivity contribution in [3.05, 3.63) is 64.1 Å². The normalized spacial score (nSPS) is 10.6. The van der Waals surface area contributed by atoms with Gasteiger partial charge >= 0.3 is 0 Å². The van der Waals surface area contributed by atoms with E-state index in [9.17, 15) is 4.79 Å². The fourth-order valence-electron chi connectivity index (χ4n) is 1.80. The van der Waals surface area contributed by atoms with Crippen LogP contribution in [0.2, 0.25) is 0 Å². The molecule has 0 atom stereocenters. The Kier molecular flexibility index (Phi) is 5.17. The third-order valence-electron chi connectivity index (χ3n) is 2.98. The van der Waals surface area contributed by atoms with Crippen LogP contribution in [0, 0.1) is 0 Å². The first-order valence-corrected chi connectivity index (χ1v) is 7.13. The van der Waals surface area contributed by atoms with Crippen LogP contribution in [0.1, 0.15) is 15.9 Å². The molecule has 2 rings (SSSR count). The summed E-state index contributed by atoms with van der Waals surface area (Å²) in [6, 6.07) is 12.8. The van der Waals surface area contributed by atoms with E-state index in [0.717, 1.165) is 15.8 Å². The lowest BCUT2D eigenvalue weighted by molar-refractivity contribution is 0.104. The van der Waals surface area contributed by atoms with Gasteiger partial charge in [0.15, 0.2) is 5.78 Å². The number of halogens is 1. The molecule has 0 aliphatic heterocycles. The fourth-order valence-corrected chi connectivity index (χ4v) is 2.34. The monoisotopic (exact) mass is 346 g/mol. The quantitative estimate of drug-likeness (QED) is 0.595. The zero-order chi connectivity index (χ0) is 15.2. The average molecular weight is 347 g/mol. The summed E-state index contributed by atoms with van der Waals surface area (Å²) in [6.45, 7) is 0. The van der Waals surface area contributed by atoms with Crippen molar-refractivity contribution in [2.75, 3.05) is 14.2 Å². The number of methoxy groups -OCH3 is 2. The molecule has 0 aromatic heterocycles. The third-order valence-corrected chi connectivity index (χ3v) is 3.60. The summed E-state index contributed by atoms with van der Waals surface area (Å²) in [5, 5.41) is 0. The zero-order valence-corrected chi connectivity index (χ0v) is 13.4. The molecule has 0 N–H and O–H groups in total. The lowest BCUT2D eigenvalue weighted by atomic mass is 10.1. The van der Waals surface area contributed by atoms with E-state index >= 15 is 0 Å². The van der Waals surface area contributed by atoms with Gasteiger partial charge in [0, 0.05) is 5.56 Å². The van der Waals surface area contributed by atoms with E-state index in [-0.39, 0.29) is 5.78 Å². The minimum atomic E-state index is -0.0610. The minimum absolute atomic E-state index is 0.0610. The molecular formula is C17H15BrO3. The molecule has 0 saturated heterocycles. The van der Waals surface area contributed by atoms with Gasteiger partial charge in [-0.3, -0.25) is 4.79 Å². The van der Waals surface area contributed by atoms with Gasteiger partial charge in [-0.15, -0.1) is 0 Å². The molecule has 108 valence electrons. The molecule has 2 aromatic carbocycles. The SMILES string of the molecule is COc1ccc(/C=C/C(=O)c2ccc(OC)c(Br)c2)cc1.